The molecule has 18 heavy (non-hydrogen) atoms. The van der Waals surface area contributed by atoms with Crippen LogP contribution in [-0.2, 0) is 6.54 Å². The Morgan fingerprint density at radius 3 is 2.78 bits per heavy atom. The first-order chi connectivity index (χ1) is 8.59. The monoisotopic (exact) mass is 249 g/mol. The molecule has 1 aliphatic rings. The predicted molar refractivity (Wildman–Crippen MR) is 71.5 cm³/mol. The van der Waals surface area contributed by atoms with Gasteiger partial charge in [0.1, 0.15) is 0 Å². The van der Waals surface area contributed by atoms with Gasteiger partial charge < -0.3 is 5.01 Å². The van der Waals surface area contributed by atoms with Gasteiger partial charge in [-0.2, -0.15) is 0 Å². The number of hydrogen-bond acceptors (Lipinski definition) is 3. The summed E-state index contributed by atoms with van der Waals surface area (Å²) in [5, 5.41) is 1.66. The fourth-order valence-corrected chi connectivity index (χ4v) is 2.25. The zero-order valence-electron chi connectivity index (χ0n) is 10.9. The van der Waals surface area contributed by atoms with Gasteiger partial charge in [0.25, 0.3) is 5.56 Å². The van der Waals surface area contributed by atoms with Crippen molar-refractivity contribution in [3.63, 3.8) is 0 Å². The molecule has 2 rings (SSSR count). The minimum absolute atomic E-state index is 0.225. The van der Waals surface area contributed by atoms with Gasteiger partial charge in [-0.25, -0.2) is 9.47 Å². The zero-order chi connectivity index (χ0) is 13.1. The van der Waals surface area contributed by atoms with E-state index in [-0.39, 0.29) is 11.2 Å². The van der Waals surface area contributed by atoms with Gasteiger partial charge in [0.2, 0.25) is 0 Å². The van der Waals surface area contributed by atoms with Crippen molar-refractivity contribution in [3.05, 3.63) is 45.3 Å². The Kier molecular flexibility index (Phi) is 3.69. The Bertz CT molecular complexity index is 554. The normalized spacial score (nSPS) is 18.9. The van der Waals surface area contributed by atoms with Crippen molar-refractivity contribution >= 4 is 0 Å². The number of allylic oxidation sites excluding steroid dienone is 2. The highest BCUT2D eigenvalue weighted by Crippen LogP contribution is 2.17. The molecular weight excluding hydrogens is 230 g/mol. The smallest absolute Gasteiger partial charge is 0.315 e. The maximum Gasteiger partial charge on any atom is 0.349 e. The van der Waals surface area contributed by atoms with Gasteiger partial charge in [-0.05, 0) is 25.2 Å². The largest absolute Gasteiger partial charge is 0.349 e. The van der Waals surface area contributed by atoms with Crippen molar-refractivity contribution in [2.24, 2.45) is 5.92 Å². The van der Waals surface area contributed by atoms with Crippen molar-refractivity contribution in [1.82, 2.24) is 9.24 Å². The molecule has 98 valence electrons. The summed E-state index contributed by atoms with van der Waals surface area (Å²) in [6.07, 6.45) is 9.03. The van der Waals surface area contributed by atoms with E-state index in [0.717, 1.165) is 19.3 Å². The molecule has 1 aromatic rings. The van der Waals surface area contributed by atoms with E-state index in [1.54, 1.807) is 19.1 Å². The van der Waals surface area contributed by atoms with Crippen LogP contribution in [0.4, 0.5) is 0 Å². The molecule has 0 amide bonds. The summed E-state index contributed by atoms with van der Waals surface area (Å²) < 4.78 is 2.76. The Morgan fingerprint density at radius 2 is 2.17 bits per heavy atom. The SMILES string of the molecule is CN(C)n1ccc(=O)n(CC2C=CCCC2)c1=O. The number of rotatable bonds is 3. The molecule has 0 saturated carbocycles. The van der Waals surface area contributed by atoms with Crippen molar-refractivity contribution in [2.75, 3.05) is 19.1 Å². The van der Waals surface area contributed by atoms with E-state index in [2.05, 4.69) is 12.2 Å². The number of aromatic nitrogens is 2. The predicted octanol–water partition coefficient (Wildman–Crippen LogP) is 0.564. The Balaban J connectivity index is 2.34. The molecule has 1 atom stereocenters. The highest BCUT2D eigenvalue weighted by molar-refractivity contribution is 4.95. The van der Waals surface area contributed by atoms with Gasteiger partial charge in [0.15, 0.2) is 0 Å². The van der Waals surface area contributed by atoms with Crippen LogP contribution in [0.2, 0.25) is 0 Å². The van der Waals surface area contributed by atoms with Crippen molar-refractivity contribution < 1.29 is 0 Å². The van der Waals surface area contributed by atoms with Gasteiger partial charge in [-0.15, -0.1) is 0 Å². The summed E-state index contributed by atoms with van der Waals surface area (Å²) in [5.41, 5.74) is -0.497. The molecule has 1 aliphatic carbocycles. The molecule has 1 unspecified atom stereocenters. The molecule has 0 spiro atoms. The van der Waals surface area contributed by atoms with Crippen LogP contribution >= 0.6 is 0 Å². The third-order valence-electron chi connectivity index (χ3n) is 3.25. The van der Waals surface area contributed by atoms with Gasteiger partial charge in [0, 0.05) is 32.9 Å². The second kappa shape index (κ2) is 5.25. The molecular formula is C13H19N3O2. The first-order valence-corrected chi connectivity index (χ1v) is 6.26. The average Bonchev–Trinajstić information content (AvgIpc) is 2.35. The molecule has 0 aromatic carbocycles. The minimum atomic E-state index is -0.272. The third kappa shape index (κ3) is 2.55. The summed E-state index contributed by atoms with van der Waals surface area (Å²) in [7, 11) is 3.55. The molecule has 0 N–H and O–H groups in total. The van der Waals surface area contributed by atoms with Crippen LogP contribution in [0, 0.1) is 5.92 Å². The highest BCUT2D eigenvalue weighted by atomic mass is 16.2. The van der Waals surface area contributed by atoms with E-state index in [1.165, 1.54) is 21.5 Å². The van der Waals surface area contributed by atoms with Crippen molar-refractivity contribution in [3.8, 4) is 0 Å². The van der Waals surface area contributed by atoms with Crippen LogP contribution in [0.5, 0.6) is 0 Å². The fourth-order valence-electron chi connectivity index (χ4n) is 2.25. The standard InChI is InChI=1S/C13H19N3O2/c1-14(2)16-9-8-12(17)15(13(16)18)10-11-6-4-3-5-7-11/h4,6,8-9,11H,3,5,7,10H2,1-2H3. The molecule has 1 aromatic heterocycles. The van der Waals surface area contributed by atoms with Gasteiger partial charge in [0.05, 0.1) is 0 Å². The Labute approximate surface area is 106 Å². The van der Waals surface area contributed by atoms with E-state index >= 15 is 0 Å². The quantitative estimate of drug-likeness (QED) is 0.736. The summed E-state index contributed by atoms with van der Waals surface area (Å²) in [6.45, 7) is 0.475. The van der Waals surface area contributed by atoms with Crippen molar-refractivity contribution in [2.45, 2.75) is 25.8 Å². The molecule has 0 aliphatic heterocycles. The van der Waals surface area contributed by atoms with Crippen LogP contribution < -0.4 is 16.3 Å². The van der Waals surface area contributed by atoms with E-state index in [9.17, 15) is 9.59 Å². The zero-order valence-corrected chi connectivity index (χ0v) is 10.9. The van der Waals surface area contributed by atoms with Gasteiger partial charge in [-0.1, -0.05) is 12.2 Å². The first-order valence-electron chi connectivity index (χ1n) is 6.26. The van der Waals surface area contributed by atoms with Crippen LogP contribution in [0.3, 0.4) is 0 Å². The highest BCUT2D eigenvalue weighted by Gasteiger charge is 2.13. The minimum Gasteiger partial charge on any atom is -0.315 e. The van der Waals surface area contributed by atoms with Crippen molar-refractivity contribution in [1.29, 1.82) is 0 Å². The lowest BCUT2D eigenvalue weighted by molar-refractivity contribution is 0.434. The van der Waals surface area contributed by atoms with E-state index in [4.69, 9.17) is 0 Å². The molecule has 0 fully saturated rings. The molecule has 0 bridgehead atoms. The van der Waals surface area contributed by atoms with Gasteiger partial charge in [-0.3, -0.25) is 9.36 Å². The summed E-state index contributed by atoms with van der Waals surface area (Å²) in [4.78, 5) is 24.0. The molecule has 0 saturated heterocycles. The number of hydrogen-bond donors (Lipinski definition) is 0. The summed E-state index contributed by atoms with van der Waals surface area (Å²) >= 11 is 0. The van der Waals surface area contributed by atoms with E-state index in [0.29, 0.717) is 12.5 Å². The first kappa shape index (κ1) is 12.7. The molecule has 0 radical (unpaired) electrons. The summed E-state index contributed by atoms with van der Waals surface area (Å²) in [5.74, 6) is 0.294. The van der Waals surface area contributed by atoms with Crippen LogP contribution in [0.15, 0.2) is 34.0 Å². The van der Waals surface area contributed by atoms with Crippen LogP contribution in [-0.4, -0.2) is 23.3 Å². The molecule has 1 heterocycles. The number of nitrogens with zero attached hydrogens (tertiary/aromatic N) is 3. The van der Waals surface area contributed by atoms with E-state index in [1.807, 2.05) is 0 Å². The molecule has 5 heteroatoms. The average molecular weight is 249 g/mol. The van der Waals surface area contributed by atoms with E-state index < -0.39 is 0 Å². The van der Waals surface area contributed by atoms with Crippen LogP contribution in [0.25, 0.3) is 0 Å². The molecule has 5 nitrogen and oxygen atoms in total. The second-order valence-corrected chi connectivity index (χ2v) is 4.86. The third-order valence-corrected chi connectivity index (χ3v) is 3.25. The topological polar surface area (TPSA) is 47.2 Å². The maximum atomic E-state index is 12.2. The second-order valence-electron chi connectivity index (χ2n) is 4.86. The summed E-state index contributed by atoms with van der Waals surface area (Å²) in [6, 6.07) is 1.44. The lowest BCUT2D eigenvalue weighted by Gasteiger charge is -2.20. The lowest BCUT2D eigenvalue weighted by atomic mass is 9.96. The lowest BCUT2D eigenvalue weighted by Crippen LogP contribution is -2.46. The van der Waals surface area contributed by atoms with Gasteiger partial charge >= 0.3 is 5.69 Å². The Hall–Kier alpha value is -1.78. The van der Waals surface area contributed by atoms with Crippen LogP contribution in [0.1, 0.15) is 19.3 Å². The maximum absolute atomic E-state index is 12.2. The fraction of sp³-hybridized carbons (Fsp3) is 0.538. The Morgan fingerprint density at radius 1 is 1.39 bits per heavy atom.